The second kappa shape index (κ2) is 8.48. The summed E-state index contributed by atoms with van der Waals surface area (Å²) in [6, 6.07) is 0. The van der Waals surface area contributed by atoms with E-state index in [1.807, 2.05) is 0 Å². The minimum Gasteiger partial charge on any atom is -0.450 e. The Morgan fingerprint density at radius 2 is 2.06 bits per heavy atom. The predicted molar refractivity (Wildman–Crippen MR) is 74.7 cm³/mol. The van der Waals surface area contributed by atoms with E-state index in [1.54, 1.807) is 23.5 Å². The highest BCUT2D eigenvalue weighted by molar-refractivity contribution is 8.03. The van der Waals surface area contributed by atoms with Gasteiger partial charge in [-0.2, -0.15) is 11.8 Å². The van der Waals surface area contributed by atoms with E-state index < -0.39 is 11.9 Å². The summed E-state index contributed by atoms with van der Waals surface area (Å²) in [5, 5.41) is 0. The molecule has 0 N–H and O–H groups in total. The maximum Gasteiger partial charge on any atom is 0.345 e. The molecule has 0 aromatic rings. The van der Waals surface area contributed by atoms with Gasteiger partial charge in [0.05, 0.1) is 0 Å². The summed E-state index contributed by atoms with van der Waals surface area (Å²) >= 11 is 3.43. The van der Waals surface area contributed by atoms with Gasteiger partial charge in [0.2, 0.25) is 0 Å². The molecule has 18 heavy (non-hydrogen) atoms. The summed E-state index contributed by atoms with van der Waals surface area (Å²) in [6.45, 7) is 4.63. The molecule has 102 valence electrons. The molecule has 4 nitrogen and oxygen atoms in total. The van der Waals surface area contributed by atoms with Crippen LogP contribution in [-0.4, -0.2) is 41.2 Å². The van der Waals surface area contributed by atoms with Gasteiger partial charge in [-0.3, -0.25) is 0 Å². The van der Waals surface area contributed by atoms with Crippen LogP contribution in [0.3, 0.4) is 0 Å². The molecule has 1 rings (SSSR count). The van der Waals surface area contributed by atoms with Crippen molar-refractivity contribution in [3.05, 3.63) is 12.2 Å². The standard InChI is InChI=1S/C12H18O4S2/c1-9(2)12(14)15-7-10(13)16-11-8-17-5-3-4-6-18-11/h11H,1,3-8H2,2H3. The van der Waals surface area contributed by atoms with Crippen molar-refractivity contribution < 1.29 is 19.1 Å². The molecule has 1 unspecified atom stereocenters. The van der Waals surface area contributed by atoms with E-state index in [0.29, 0.717) is 0 Å². The second-order valence-electron chi connectivity index (χ2n) is 3.93. The van der Waals surface area contributed by atoms with Gasteiger partial charge in [0, 0.05) is 11.3 Å². The number of rotatable bonds is 4. The molecule has 1 aliphatic rings. The van der Waals surface area contributed by atoms with Crippen LogP contribution in [0.5, 0.6) is 0 Å². The highest BCUT2D eigenvalue weighted by Crippen LogP contribution is 2.23. The Morgan fingerprint density at radius 1 is 1.33 bits per heavy atom. The van der Waals surface area contributed by atoms with Crippen molar-refractivity contribution in [1.82, 2.24) is 0 Å². The molecule has 6 heteroatoms. The van der Waals surface area contributed by atoms with E-state index in [-0.39, 0.29) is 17.6 Å². The largest absolute Gasteiger partial charge is 0.450 e. The molecule has 1 fully saturated rings. The summed E-state index contributed by atoms with van der Waals surface area (Å²) in [4.78, 5) is 22.6. The number of carbonyl (C=O) groups excluding carboxylic acids is 2. The van der Waals surface area contributed by atoms with E-state index in [0.717, 1.165) is 23.7 Å². The molecule has 0 amide bonds. The molecule has 1 aliphatic heterocycles. The predicted octanol–water partition coefficient (Wildman–Crippen LogP) is 2.24. The van der Waals surface area contributed by atoms with E-state index in [4.69, 9.17) is 9.47 Å². The Balaban J connectivity index is 2.25. The van der Waals surface area contributed by atoms with Crippen molar-refractivity contribution in [3.8, 4) is 0 Å². The van der Waals surface area contributed by atoms with Crippen LogP contribution in [-0.2, 0) is 19.1 Å². The first-order valence-corrected chi connectivity index (χ1v) is 8.01. The second-order valence-corrected chi connectivity index (χ2v) is 6.35. The van der Waals surface area contributed by atoms with Crippen molar-refractivity contribution in [2.24, 2.45) is 0 Å². The Morgan fingerprint density at radius 3 is 2.78 bits per heavy atom. The van der Waals surface area contributed by atoms with Crippen molar-refractivity contribution in [3.63, 3.8) is 0 Å². The summed E-state index contributed by atoms with van der Waals surface area (Å²) in [5.74, 6) is 1.85. The highest BCUT2D eigenvalue weighted by atomic mass is 32.2. The van der Waals surface area contributed by atoms with Gasteiger partial charge in [0.25, 0.3) is 0 Å². The summed E-state index contributed by atoms with van der Waals surface area (Å²) < 4.78 is 9.99. The van der Waals surface area contributed by atoms with Crippen LogP contribution in [0.1, 0.15) is 19.8 Å². The molecular weight excluding hydrogens is 272 g/mol. The van der Waals surface area contributed by atoms with E-state index >= 15 is 0 Å². The Bertz CT molecular complexity index is 309. The third-order valence-corrected chi connectivity index (χ3v) is 4.66. The number of ether oxygens (including phenoxy) is 2. The molecule has 0 aromatic heterocycles. The monoisotopic (exact) mass is 290 g/mol. The summed E-state index contributed by atoms with van der Waals surface area (Å²) in [6.07, 6.45) is 2.37. The number of carbonyl (C=O) groups is 2. The average molecular weight is 290 g/mol. The first-order chi connectivity index (χ1) is 8.59. The lowest BCUT2D eigenvalue weighted by Gasteiger charge is -2.19. The van der Waals surface area contributed by atoms with E-state index in [1.165, 1.54) is 13.3 Å². The maximum absolute atomic E-state index is 11.5. The number of esters is 2. The van der Waals surface area contributed by atoms with Gasteiger partial charge < -0.3 is 9.47 Å². The van der Waals surface area contributed by atoms with E-state index in [2.05, 4.69) is 6.58 Å². The lowest BCUT2D eigenvalue weighted by molar-refractivity contribution is -0.157. The van der Waals surface area contributed by atoms with Gasteiger partial charge in [-0.1, -0.05) is 6.58 Å². The molecular formula is C12H18O4S2. The van der Waals surface area contributed by atoms with Gasteiger partial charge in [-0.15, -0.1) is 11.8 Å². The van der Waals surface area contributed by atoms with E-state index in [9.17, 15) is 9.59 Å². The fourth-order valence-electron chi connectivity index (χ4n) is 1.24. The van der Waals surface area contributed by atoms with Crippen LogP contribution < -0.4 is 0 Å². The first-order valence-electron chi connectivity index (χ1n) is 5.81. The fourth-order valence-corrected chi connectivity index (χ4v) is 3.56. The Hall–Kier alpha value is -0.620. The Kier molecular flexibility index (Phi) is 7.27. The van der Waals surface area contributed by atoms with Crippen molar-refractivity contribution >= 4 is 35.5 Å². The summed E-state index contributed by atoms with van der Waals surface area (Å²) in [5.41, 5.74) is 0.144. The number of thioether (sulfide) groups is 2. The number of hydrogen-bond donors (Lipinski definition) is 0. The molecule has 0 aliphatic carbocycles. The van der Waals surface area contributed by atoms with Crippen LogP contribution in [0, 0.1) is 0 Å². The van der Waals surface area contributed by atoms with Crippen LogP contribution >= 0.6 is 23.5 Å². The van der Waals surface area contributed by atoms with Gasteiger partial charge >= 0.3 is 11.9 Å². The zero-order chi connectivity index (χ0) is 13.4. The van der Waals surface area contributed by atoms with Crippen LogP contribution in [0.4, 0.5) is 0 Å². The lowest BCUT2D eigenvalue weighted by Crippen LogP contribution is -2.23. The van der Waals surface area contributed by atoms with Gasteiger partial charge in [0.1, 0.15) is 0 Å². The molecule has 0 saturated carbocycles. The quantitative estimate of drug-likeness (QED) is 0.584. The zero-order valence-corrected chi connectivity index (χ0v) is 12.1. The van der Waals surface area contributed by atoms with Gasteiger partial charge in [0.15, 0.2) is 12.0 Å². The molecule has 0 bridgehead atoms. The third kappa shape index (κ3) is 6.35. The fraction of sp³-hybridized carbons (Fsp3) is 0.667. The first kappa shape index (κ1) is 15.4. The molecule has 0 aromatic carbocycles. The molecule has 1 heterocycles. The van der Waals surface area contributed by atoms with Crippen LogP contribution in [0.2, 0.25) is 0 Å². The topological polar surface area (TPSA) is 52.6 Å². The smallest absolute Gasteiger partial charge is 0.345 e. The maximum atomic E-state index is 11.5. The van der Waals surface area contributed by atoms with Crippen molar-refractivity contribution in [1.29, 1.82) is 0 Å². The molecule has 1 atom stereocenters. The summed E-state index contributed by atoms with van der Waals surface area (Å²) in [7, 11) is 0. The zero-order valence-electron chi connectivity index (χ0n) is 10.5. The minimum absolute atomic E-state index is 0.133. The van der Waals surface area contributed by atoms with Gasteiger partial charge in [-0.25, -0.2) is 9.59 Å². The third-order valence-electron chi connectivity index (χ3n) is 2.17. The van der Waals surface area contributed by atoms with Gasteiger partial charge in [-0.05, 0) is 31.3 Å². The highest BCUT2D eigenvalue weighted by Gasteiger charge is 2.18. The van der Waals surface area contributed by atoms with Crippen LogP contribution in [0.25, 0.3) is 0 Å². The Labute approximate surface area is 116 Å². The van der Waals surface area contributed by atoms with Crippen LogP contribution in [0.15, 0.2) is 12.2 Å². The van der Waals surface area contributed by atoms with Crippen molar-refractivity contribution in [2.75, 3.05) is 23.9 Å². The SMILES string of the molecule is C=C(C)C(=O)OCC(=O)OC1CSCCCCS1. The average Bonchev–Trinajstić information content (AvgIpc) is 2.29. The normalized spacial score (nSPS) is 20.4. The molecule has 0 spiro atoms. The number of hydrogen-bond acceptors (Lipinski definition) is 6. The minimum atomic E-state index is -0.563. The molecule has 0 radical (unpaired) electrons. The lowest BCUT2D eigenvalue weighted by atomic mass is 10.4. The molecule has 1 saturated heterocycles. The van der Waals surface area contributed by atoms with Crippen molar-refractivity contribution in [2.45, 2.75) is 25.2 Å².